The van der Waals surface area contributed by atoms with Crippen LogP contribution in [0.1, 0.15) is 87.8 Å². The monoisotopic (exact) mass is 370 g/mol. The van der Waals surface area contributed by atoms with Gasteiger partial charge in [-0.25, -0.2) is 0 Å². The van der Waals surface area contributed by atoms with Crippen LogP contribution < -0.4 is 10.5 Å². The Kier molecular flexibility index (Phi) is 11.7. The average molecular weight is 371 g/mol. The maximum atomic E-state index is 10.9. The van der Waals surface area contributed by atoms with Crippen molar-refractivity contribution in [3.8, 4) is 11.8 Å². The van der Waals surface area contributed by atoms with Crippen molar-refractivity contribution in [1.29, 1.82) is 5.26 Å². The van der Waals surface area contributed by atoms with Crippen molar-refractivity contribution in [3.63, 3.8) is 0 Å². The highest BCUT2D eigenvalue weighted by molar-refractivity contribution is 5.90. The molecule has 0 aromatic heterocycles. The lowest BCUT2D eigenvalue weighted by molar-refractivity contribution is -0.113. The highest BCUT2D eigenvalue weighted by atomic mass is 16.5. The lowest BCUT2D eigenvalue weighted by Crippen LogP contribution is -2.05. The predicted molar refractivity (Wildman–Crippen MR) is 111 cm³/mol. The quantitative estimate of drug-likeness (QED) is 0.339. The Morgan fingerprint density at radius 3 is 2.22 bits per heavy atom. The zero-order valence-corrected chi connectivity index (χ0v) is 16.9. The van der Waals surface area contributed by atoms with Gasteiger partial charge in [0, 0.05) is 11.6 Å². The van der Waals surface area contributed by atoms with Crippen LogP contribution in [0.2, 0.25) is 0 Å². The first kappa shape index (κ1) is 22.8. The van der Waals surface area contributed by atoms with E-state index in [4.69, 9.17) is 10.5 Å². The molecule has 2 N–H and O–H groups in total. The highest BCUT2D eigenvalue weighted by Gasteiger charge is 2.09. The van der Waals surface area contributed by atoms with E-state index >= 15 is 0 Å². The average Bonchev–Trinajstić information content (AvgIpc) is 2.65. The van der Waals surface area contributed by atoms with Crippen molar-refractivity contribution in [3.05, 3.63) is 34.9 Å². The standard InChI is InChI=1S/C23H34N2O2/c1-3-4-5-6-7-8-9-10-11-12-17-27-22-15-13-20(14-16-23(25)26)21(18-24)19(22)2/h13-16H,3-12,17H2,1-2H3,(H2,25,26). The third-order valence-corrected chi connectivity index (χ3v) is 4.74. The number of amides is 1. The normalized spacial score (nSPS) is 10.9. The van der Waals surface area contributed by atoms with Gasteiger partial charge in [-0.2, -0.15) is 5.26 Å². The van der Waals surface area contributed by atoms with Gasteiger partial charge in [0.15, 0.2) is 0 Å². The van der Waals surface area contributed by atoms with Crippen LogP contribution >= 0.6 is 0 Å². The van der Waals surface area contributed by atoms with Gasteiger partial charge in [0.1, 0.15) is 11.8 Å². The minimum Gasteiger partial charge on any atom is -0.493 e. The van der Waals surface area contributed by atoms with Crippen molar-refractivity contribution in [2.75, 3.05) is 6.61 Å². The van der Waals surface area contributed by atoms with Crippen LogP contribution in [0, 0.1) is 18.3 Å². The second-order valence-corrected chi connectivity index (χ2v) is 7.03. The summed E-state index contributed by atoms with van der Waals surface area (Å²) in [4.78, 5) is 10.9. The fourth-order valence-corrected chi connectivity index (χ4v) is 3.10. The summed E-state index contributed by atoms with van der Waals surface area (Å²) in [5, 5.41) is 9.39. The number of unbranched alkanes of at least 4 members (excludes halogenated alkanes) is 9. The third-order valence-electron chi connectivity index (χ3n) is 4.74. The molecule has 27 heavy (non-hydrogen) atoms. The molecule has 1 amide bonds. The Labute approximate surface area is 164 Å². The molecular weight excluding hydrogens is 336 g/mol. The van der Waals surface area contributed by atoms with E-state index in [9.17, 15) is 10.1 Å². The molecule has 4 heteroatoms. The molecule has 0 atom stereocenters. The second-order valence-electron chi connectivity index (χ2n) is 7.03. The maximum Gasteiger partial charge on any atom is 0.241 e. The molecule has 4 nitrogen and oxygen atoms in total. The third kappa shape index (κ3) is 9.28. The summed E-state index contributed by atoms with van der Waals surface area (Å²) in [5.74, 6) is 0.205. The van der Waals surface area contributed by atoms with E-state index in [2.05, 4.69) is 13.0 Å². The zero-order chi connectivity index (χ0) is 19.9. The Hall–Kier alpha value is -2.28. The van der Waals surface area contributed by atoms with Gasteiger partial charge in [-0.05, 0) is 37.1 Å². The number of carbonyl (C=O) groups excluding carboxylic acids is 1. The van der Waals surface area contributed by atoms with Gasteiger partial charge in [0.25, 0.3) is 0 Å². The smallest absolute Gasteiger partial charge is 0.241 e. The maximum absolute atomic E-state index is 10.9. The molecule has 0 aliphatic rings. The van der Waals surface area contributed by atoms with E-state index in [0.29, 0.717) is 17.7 Å². The number of nitriles is 1. The summed E-state index contributed by atoms with van der Waals surface area (Å²) in [5.41, 5.74) is 7.12. The van der Waals surface area contributed by atoms with Gasteiger partial charge in [-0.1, -0.05) is 64.7 Å². The molecule has 0 radical (unpaired) electrons. The lowest BCUT2D eigenvalue weighted by Gasteiger charge is -2.12. The molecule has 0 saturated heterocycles. The molecule has 0 bridgehead atoms. The summed E-state index contributed by atoms with van der Waals surface area (Å²) < 4.78 is 5.87. The number of primary amides is 1. The van der Waals surface area contributed by atoms with Crippen LogP contribution in [0.4, 0.5) is 0 Å². The van der Waals surface area contributed by atoms with Crippen molar-refractivity contribution in [2.45, 2.75) is 78.1 Å². The highest BCUT2D eigenvalue weighted by Crippen LogP contribution is 2.25. The fourth-order valence-electron chi connectivity index (χ4n) is 3.10. The van der Waals surface area contributed by atoms with Crippen molar-refractivity contribution >= 4 is 12.0 Å². The number of nitrogens with two attached hydrogens (primary N) is 1. The minimum absolute atomic E-state index is 0.521. The van der Waals surface area contributed by atoms with Gasteiger partial charge in [0.05, 0.1) is 12.2 Å². The number of hydrogen-bond acceptors (Lipinski definition) is 3. The number of carbonyl (C=O) groups is 1. The van der Waals surface area contributed by atoms with Crippen LogP contribution in [0.5, 0.6) is 5.75 Å². The number of nitrogens with zero attached hydrogens (tertiary/aromatic N) is 1. The summed E-state index contributed by atoms with van der Waals surface area (Å²) in [6.45, 7) is 4.78. The van der Waals surface area contributed by atoms with Gasteiger partial charge in [0.2, 0.25) is 5.91 Å². The lowest BCUT2D eigenvalue weighted by atomic mass is 10.0. The van der Waals surface area contributed by atoms with Crippen LogP contribution in [0.3, 0.4) is 0 Å². The largest absolute Gasteiger partial charge is 0.493 e. The predicted octanol–water partition coefficient (Wildman–Crippen LogP) is 5.66. The van der Waals surface area contributed by atoms with Crippen LogP contribution in [0.15, 0.2) is 18.2 Å². The summed E-state index contributed by atoms with van der Waals surface area (Å²) in [7, 11) is 0. The molecule has 0 spiro atoms. The van der Waals surface area contributed by atoms with E-state index in [0.717, 1.165) is 17.7 Å². The molecule has 1 aromatic rings. The first-order chi connectivity index (χ1) is 13.1. The minimum atomic E-state index is -0.530. The van der Waals surface area contributed by atoms with E-state index in [1.165, 1.54) is 63.9 Å². The summed E-state index contributed by atoms with van der Waals surface area (Å²) >= 11 is 0. The Morgan fingerprint density at radius 2 is 1.67 bits per heavy atom. The molecule has 0 unspecified atom stereocenters. The Morgan fingerprint density at radius 1 is 1.07 bits per heavy atom. The molecule has 1 aromatic carbocycles. The topological polar surface area (TPSA) is 76.1 Å². The molecule has 1 rings (SSSR count). The number of rotatable bonds is 14. The SMILES string of the molecule is CCCCCCCCCCCCOc1ccc(C=CC(N)=O)c(C#N)c1C. The van der Waals surface area contributed by atoms with Gasteiger partial charge < -0.3 is 10.5 Å². The summed E-state index contributed by atoms with van der Waals surface area (Å²) in [6.07, 6.45) is 15.8. The second kappa shape index (κ2) is 13.9. The number of ether oxygens (including phenoxy) is 1. The van der Waals surface area contributed by atoms with Gasteiger partial charge in [-0.15, -0.1) is 0 Å². The van der Waals surface area contributed by atoms with Crippen LogP contribution in [-0.4, -0.2) is 12.5 Å². The van der Waals surface area contributed by atoms with E-state index in [-0.39, 0.29) is 0 Å². The molecule has 0 aliphatic carbocycles. The zero-order valence-electron chi connectivity index (χ0n) is 16.9. The van der Waals surface area contributed by atoms with Crippen molar-refractivity contribution < 1.29 is 9.53 Å². The fraction of sp³-hybridized carbons (Fsp3) is 0.565. The molecular formula is C23H34N2O2. The van der Waals surface area contributed by atoms with Crippen LogP contribution in [0.25, 0.3) is 6.08 Å². The Balaban J connectivity index is 2.31. The van der Waals surface area contributed by atoms with E-state index < -0.39 is 5.91 Å². The Bertz CT molecular complexity index is 645. The van der Waals surface area contributed by atoms with Crippen molar-refractivity contribution in [1.82, 2.24) is 0 Å². The molecule has 0 aliphatic heterocycles. The van der Waals surface area contributed by atoms with E-state index in [1.807, 2.05) is 13.0 Å². The van der Waals surface area contributed by atoms with Crippen LogP contribution in [-0.2, 0) is 4.79 Å². The van der Waals surface area contributed by atoms with E-state index in [1.54, 1.807) is 12.1 Å². The van der Waals surface area contributed by atoms with Gasteiger partial charge in [-0.3, -0.25) is 4.79 Å². The molecule has 148 valence electrons. The molecule has 0 fully saturated rings. The van der Waals surface area contributed by atoms with Gasteiger partial charge >= 0.3 is 0 Å². The first-order valence-electron chi connectivity index (χ1n) is 10.2. The first-order valence-corrected chi connectivity index (χ1v) is 10.2. The number of hydrogen-bond donors (Lipinski definition) is 1. The van der Waals surface area contributed by atoms with Crippen molar-refractivity contribution in [2.24, 2.45) is 5.73 Å². The molecule has 0 heterocycles. The summed E-state index contributed by atoms with van der Waals surface area (Å²) in [6, 6.07) is 5.83. The molecule has 0 saturated carbocycles. The number of benzene rings is 1.